The van der Waals surface area contributed by atoms with E-state index in [1.807, 2.05) is 42.3 Å². The molecule has 0 unspecified atom stereocenters. The Morgan fingerprint density at radius 3 is 2.22 bits per heavy atom. The Balaban J connectivity index is 1.45. The van der Waals surface area contributed by atoms with E-state index in [2.05, 4.69) is 5.32 Å². The van der Waals surface area contributed by atoms with Crippen LogP contribution in [0.15, 0.2) is 30.3 Å². The van der Waals surface area contributed by atoms with Gasteiger partial charge in [0.25, 0.3) is 0 Å². The SMILES string of the molecule is CN(C(=O)NC1CCC([C@H](N)C(=O)N(C)C2CCC2)CC1)c1ccccc1. The van der Waals surface area contributed by atoms with Gasteiger partial charge in [0.15, 0.2) is 0 Å². The van der Waals surface area contributed by atoms with Crippen LogP contribution < -0.4 is 16.0 Å². The molecule has 2 aliphatic carbocycles. The van der Waals surface area contributed by atoms with Crippen LogP contribution in [0.5, 0.6) is 0 Å². The van der Waals surface area contributed by atoms with Gasteiger partial charge in [-0.25, -0.2) is 4.79 Å². The maximum Gasteiger partial charge on any atom is 0.321 e. The second-order valence-electron chi connectivity index (χ2n) is 8.02. The predicted octanol–water partition coefficient (Wildman–Crippen LogP) is 2.73. The summed E-state index contributed by atoms with van der Waals surface area (Å²) in [5.74, 6) is 0.288. The molecule has 2 aliphatic rings. The highest BCUT2D eigenvalue weighted by molar-refractivity contribution is 5.91. The Morgan fingerprint density at radius 1 is 1.04 bits per heavy atom. The van der Waals surface area contributed by atoms with E-state index in [0.29, 0.717) is 6.04 Å². The molecule has 3 rings (SSSR count). The number of rotatable bonds is 5. The number of carbonyl (C=O) groups excluding carboxylic acids is 2. The summed E-state index contributed by atoms with van der Waals surface area (Å²) in [4.78, 5) is 28.6. The first-order chi connectivity index (χ1) is 13.0. The number of hydrogen-bond acceptors (Lipinski definition) is 3. The van der Waals surface area contributed by atoms with E-state index in [0.717, 1.165) is 44.2 Å². The van der Waals surface area contributed by atoms with Gasteiger partial charge in [0.05, 0.1) is 6.04 Å². The van der Waals surface area contributed by atoms with Gasteiger partial charge in [-0.3, -0.25) is 9.69 Å². The second-order valence-corrected chi connectivity index (χ2v) is 8.02. The van der Waals surface area contributed by atoms with E-state index < -0.39 is 6.04 Å². The molecule has 148 valence electrons. The molecule has 0 heterocycles. The highest BCUT2D eigenvalue weighted by Crippen LogP contribution is 2.29. The highest BCUT2D eigenvalue weighted by atomic mass is 16.2. The maximum atomic E-state index is 12.6. The van der Waals surface area contributed by atoms with E-state index >= 15 is 0 Å². The van der Waals surface area contributed by atoms with E-state index in [9.17, 15) is 9.59 Å². The first-order valence-electron chi connectivity index (χ1n) is 10.1. The van der Waals surface area contributed by atoms with Gasteiger partial charge in [-0.15, -0.1) is 0 Å². The lowest BCUT2D eigenvalue weighted by Gasteiger charge is -2.39. The third kappa shape index (κ3) is 4.61. The number of carbonyl (C=O) groups is 2. The lowest BCUT2D eigenvalue weighted by Crippen LogP contribution is -2.53. The van der Waals surface area contributed by atoms with Crippen molar-refractivity contribution in [1.29, 1.82) is 0 Å². The zero-order valence-corrected chi connectivity index (χ0v) is 16.4. The lowest BCUT2D eigenvalue weighted by atomic mass is 9.81. The van der Waals surface area contributed by atoms with E-state index in [1.54, 1.807) is 11.9 Å². The summed E-state index contributed by atoms with van der Waals surface area (Å²) in [6, 6.07) is 9.63. The lowest BCUT2D eigenvalue weighted by molar-refractivity contribution is -0.136. The van der Waals surface area contributed by atoms with Crippen LogP contribution in [-0.2, 0) is 4.79 Å². The predicted molar refractivity (Wildman–Crippen MR) is 108 cm³/mol. The zero-order chi connectivity index (χ0) is 19.4. The molecule has 0 saturated heterocycles. The smallest absolute Gasteiger partial charge is 0.321 e. The van der Waals surface area contributed by atoms with Crippen molar-refractivity contribution >= 4 is 17.6 Å². The van der Waals surface area contributed by atoms with Crippen LogP contribution >= 0.6 is 0 Å². The molecule has 0 radical (unpaired) electrons. The van der Waals surface area contributed by atoms with Crippen molar-refractivity contribution in [3.05, 3.63) is 30.3 Å². The molecule has 2 saturated carbocycles. The molecule has 0 bridgehead atoms. The van der Waals surface area contributed by atoms with Crippen LogP contribution in [0.1, 0.15) is 44.9 Å². The van der Waals surface area contributed by atoms with Crippen molar-refractivity contribution in [1.82, 2.24) is 10.2 Å². The van der Waals surface area contributed by atoms with Gasteiger partial charge in [0, 0.05) is 31.9 Å². The molecular weight excluding hydrogens is 340 g/mol. The van der Waals surface area contributed by atoms with Crippen LogP contribution in [0.3, 0.4) is 0 Å². The van der Waals surface area contributed by atoms with Crippen molar-refractivity contribution in [2.24, 2.45) is 11.7 Å². The number of amides is 3. The fourth-order valence-corrected chi connectivity index (χ4v) is 4.05. The molecule has 0 spiro atoms. The molecule has 0 aliphatic heterocycles. The van der Waals surface area contributed by atoms with Gasteiger partial charge in [-0.1, -0.05) is 18.2 Å². The first kappa shape index (κ1) is 19.7. The standard InChI is InChI=1S/C21H32N4O2/c1-24(17-9-6-10-17)20(26)19(22)15-11-13-16(14-12-15)23-21(27)25(2)18-7-4-3-5-8-18/h3-5,7-8,15-17,19H,6,9-14,22H2,1-2H3,(H,23,27)/t15?,16?,19-/m0/s1. The summed E-state index contributed by atoms with van der Waals surface area (Å²) in [6.45, 7) is 0. The van der Waals surface area contributed by atoms with E-state index in [4.69, 9.17) is 5.73 Å². The van der Waals surface area contributed by atoms with Crippen molar-refractivity contribution in [3.8, 4) is 0 Å². The minimum atomic E-state index is -0.417. The maximum absolute atomic E-state index is 12.6. The van der Waals surface area contributed by atoms with Crippen LogP contribution in [-0.4, -0.2) is 49.1 Å². The first-order valence-corrected chi connectivity index (χ1v) is 10.1. The van der Waals surface area contributed by atoms with Crippen LogP contribution in [0.25, 0.3) is 0 Å². The number of likely N-dealkylation sites (N-methyl/N-ethyl adjacent to an activating group) is 1. The van der Waals surface area contributed by atoms with Crippen molar-refractivity contribution in [3.63, 3.8) is 0 Å². The average molecular weight is 373 g/mol. The molecule has 27 heavy (non-hydrogen) atoms. The average Bonchev–Trinajstić information content (AvgIpc) is 2.66. The van der Waals surface area contributed by atoms with Gasteiger partial charge in [0.1, 0.15) is 0 Å². The molecule has 2 fully saturated rings. The Morgan fingerprint density at radius 2 is 1.67 bits per heavy atom. The number of hydrogen-bond donors (Lipinski definition) is 2. The quantitative estimate of drug-likeness (QED) is 0.834. The van der Waals surface area contributed by atoms with Gasteiger partial charge in [-0.05, 0) is 63.0 Å². The molecule has 1 aromatic rings. The van der Waals surface area contributed by atoms with Gasteiger partial charge >= 0.3 is 6.03 Å². The number of urea groups is 1. The van der Waals surface area contributed by atoms with Crippen molar-refractivity contribution in [2.45, 2.75) is 63.1 Å². The minimum Gasteiger partial charge on any atom is -0.341 e. The second kappa shape index (κ2) is 8.74. The molecule has 0 aromatic heterocycles. The summed E-state index contributed by atoms with van der Waals surface area (Å²) in [6.07, 6.45) is 6.90. The zero-order valence-electron chi connectivity index (χ0n) is 16.4. The number of anilines is 1. The summed E-state index contributed by atoms with van der Waals surface area (Å²) in [5.41, 5.74) is 7.16. The molecule has 1 atom stereocenters. The summed E-state index contributed by atoms with van der Waals surface area (Å²) in [7, 11) is 3.67. The Kier molecular flexibility index (Phi) is 6.37. The summed E-state index contributed by atoms with van der Waals surface area (Å²) < 4.78 is 0. The molecule has 3 N–H and O–H groups in total. The molecule has 6 heteroatoms. The molecular formula is C21H32N4O2. The largest absolute Gasteiger partial charge is 0.341 e. The minimum absolute atomic E-state index is 0.0796. The van der Waals surface area contributed by atoms with E-state index in [-0.39, 0.29) is 23.9 Å². The Hall–Kier alpha value is -2.08. The van der Waals surface area contributed by atoms with E-state index in [1.165, 1.54) is 6.42 Å². The third-order valence-corrected chi connectivity index (χ3v) is 6.31. The van der Waals surface area contributed by atoms with Crippen LogP contribution in [0.2, 0.25) is 0 Å². The van der Waals surface area contributed by atoms with Gasteiger partial charge in [0.2, 0.25) is 5.91 Å². The third-order valence-electron chi connectivity index (χ3n) is 6.31. The summed E-state index contributed by atoms with van der Waals surface area (Å²) >= 11 is 0. The fraction of sp³-hybridized carbons (Fsp3) is 0.619. The number of benzene rings is 1. The van der Waals surface area contributed by atoms with Gasteiger partial charge < -0.3 is 16.0 Å². The number of nitrogens with zero attached hydrogens (tertiary/aromatic N) is 2. The highest BCUT2D eigenvalue weighted by Gasteiger charge is 2.34. The van der Waals surface area contributed by atoms with Crippen molar-refractivity contribution < 1.29 is 9.59 Å². The number of nitrogens with one attached hydrogen (secondary N) is 1. The topological polar surface area (TPSA) is 78.7 Å². The Labute approximate surface area is 162 Å². The van der Waals surface area contributed by atoms with Crippen LogP contribution in [0, 0.1) is 5.92 Å². The van der Waals surface area contributed by atoms with Crippen molar-refractivity contribution in [2.75, 3.05) is 19.0 Å². The normalized spacial score (nSPS) is 23.8. The monoisotopic (exact) mass is 372 g/mol. The Bertz CT molecular complexity index is 639. The molecule has 6 nitrogen and oxygen atoms in total. The number of para-hydroxylation sites is 1. The van der Waals surface area contributed by atoms with Gasteiger partial charge in [-0.2, -0.15) is 0 Å². The molecule has 1 aromatic carbocycles. The molecule has 3 amide bonds. The van der Waals surface area contributed by atoms with Crippen LogP contribution in [0.4, 0.5) is 10.5 Å². The summed E-state index contributed by atoms with van der Waals surface area (Å²) in [5, 5.41) is 3.12. The fourth-order valence-electron chi connectivity index (χ4n) is 4.05. The number of nitrogens with two attached hydrogens (primary N) is 1.